The summed E-state index contributed by atoms with van der Waals surface area (Å²) in [5.74, 6) is -3.68. The van der Waals surface area contributed by atoms with Crippen molar-refractivity contribution in [3.05, 3.63) is 12.2 Å². The lowest BCUT2D eigenvalue weighted by Gasteiger charge is -2.16. The molecule has 18 heavy (non-hydrogen) atoms. The van der Waals surface area contributed by atoms with Gasteiger partial charge in [-0.25, -0.2) is 0 Å². The Hall–Kier alpha value is -1.85. The van der Waals surface area contributed by atoms with Crippen LogP contribution in [0.4, 0.5) is 0 Å². The zero-order chi connectivity index (χ0) is 14.1. The molecule has 1 atom stereocenters. The van der Waals surface area contributed by atoms with E-state index in [0.29, 0.717) is 6.42 Å². The summed E-state index contributed by atoms with van der Waals surface area (Å²) < 4.78 is 9.07. The molecule has 0 aliphatic carbocycles. The Labute approximate surface area is 106 Å². The summed E-state index contributed by atoms with van der Waals surface area (Å²) in [4.78, 5) is 33.2. The average molecular weight is 258 g/mol. The van der Waals surface area contributed by atoms with Crippen LogP contribution >= 0.6 is 0 Å². The predicted molar refractivity (Wildman–Crippen MR) is 62.7 cm³/mol. The molecule has 0 fully saturated rings. The Morgan fingerprint density at radius 1 is 1.17 bits per heavy atom. The molecule has 0 aromatic carbocycles. The summed E-state index contributed by atoms with van der Waals surface area (Å²) in [5, 5.41) is 8.46. The molecule has 0 aromatic heterocycles. The van der Waals surface area contributed by atoms with Gasteiger partial charge in [-0.1, -0.05) is 19.1 Å². The number of carbonyl (C=O) groups excluding carboxylic acids is 2. The fourth-order valence-corrected chi connectivity index (χ4v) is 1.41. The van der Waals surface area contributed by atoms with Crippen molar-refractivity contribution in [2.75, 3.05) is 14.2 Å². The van der Waals surface area contributed by atoms with Gasteiger partial charge in [-0.05, 0) is 12.3 Å². The van der Waals surface area contributed by atoms with Crippen molar-refractivity contribution in [1.82, 2.24) is 0 Å². The third-order valence-corrected chi connectivity index (χ3v) is 2.40. The Bertz CT molecular complexity index is 317. The number of hydrogen-bond donors (Lipinski definition) is 1. The van der Waals surface area contributed by atoms with Crippen LogP contribution in [-0.4, -0.2) is 37.2 Å². The monoisotopic (exact) mass is 258 g/mol. The number of rotatable bonds is 7. The third-order valence-electron chi connectivity index (χ3n) is 2.40. The van der Waals surface area contributed by atoms with Crippen LogP contribution < -0.4 is 0 Å². The second kappa shape index (κ2) is 8.27. The van der Waals surface area contributed by atoms with Gasteiger partial charge in [-0.15, -0.1) is 0 Å². The Morgan fingerprint density at radius 3 is 2.06 bits per heavy atom. The SMILES string of the molecule is COC(=O)C(C(=O)OC)C(C)/C=C/CCC(=O)O. The zero-order valence-corrected chi connectivity index (χ0v) is 10.7. The van der Waals surface area contributed by atoms with Gasteiger partial charge in [0.05, 0.1) is 14.2 Å². The maximum atomic E-state index is 11.4. The predicted octanol–water partition coefficient (Wildman–Crippen LogP) is 1.01. The molecule has 0 saturated heterocycles. The van der Waals surface area contributed by atoms with E-state index in [-0.39, 0.29) is 6.42 Å². The lowest BCUT2D eigenvalue weighted by atomic mass is 9.93. The number of carbonyl (C=O) groups is 3. The molecule has 0 amide bonds. The highest BCUT2D eigenvalue weighted by atomic mass is 16.5. The van der Waals surface area contributed by atoms with Crippen LogP contribution in [0.25, 0.3) is 0 Å². The fourth-order valence-electron chi connectivity index (χ4n) is 1.41. The minimum Gasteiger partial charge on any atom is -0.481 e. The summed E-state index contributed by atoms with van der Waals surface area (Å²) in [6.45, 7) is 1.66. The van der Waals surface area contributed by atoms with Gasteiger partial charge in [0.15, 0.2) is 5.92 Å². The first-order valence-electron chi connectivity index (χ1n) is 5.48. The second-order valence-electron chi connectivity index (χ2n) is 3.74. The molecule has 0 saturated carbocycles. The maximum absolute atomic E-state index is 11.4. The number of hydrogen-bond acceptors (Lipinski definition) is 5. The smallest absolute Gasteiger partial charge is 0.320 e. The van der Waals surface area contributed by atoms with E-state index in [1.165, 1.54) is 14.2 Å². The number of esters is 2. The van der Waals surface area contributed by atoms with E-state index in [2.05, 4.69) is 9.47 Å². The molecule has 0 bridgehead atoms. The quantitative estimate of drug-likeness (QED) is 0.416. The number of aliphatic carboxylic acids is 1. The number of carboxylic acids is 1. The Balaban J connectivity index is 4.56. The third kappa shape index (κ3) is 5.47. The molecule has 0 rings (SSSR count). The molecule has 0 spiro atoms. The molecule has 6 nitrogen and oxygen atoms in total. The lowest BCUT2D eigenvalue weighted by Crippen LogP contribution is -2.31. The zero-order valence-electron chi connectivity index (χ0n) is 10.7. The molecule has 0 radical (unpaired) electrons. The number of ether oxygens (including phenoxy) is 2. The molecule has 1 unspecified atom stereocenters. The van der Waals surface area contributed by atoms with Crippen molar-refractivity contribution < 1.29 is 29.0 Å². The summed E-state index contributed by atoms with van der Waals surface area (Å²) in [5.41, 5.74) is 0. The van der Waals surface area contributed by atoms with Crippen LogP contribution in [0.1, 0.15) is 19.8 Å². The molecule has 0 aliphatic heterocycles. The molecule has 0 heterocycles. The van der Waals surface area contributed by atoms with E-state index >= 15 is 0 Å². The average Bonchev–Trinajstić information content (AvgIpc) is 2.34. The normalized spacial score (nSPS) is 12.4. The van der Waals surface area contributed by atoms with E-state index in [1.54, 1.807) is 19.1 Å². The van der Waals surface area contributed by atoms with Gasteiger partial charge in [-0.2, -0.15) is 0 Å². The highest BCUT2D eigenvalue weighted by Gasteiger charge is 2.32. The van der Waals surface area contributed by atoms with E-state index in [9.17, 15) is 14.4 Å². The van der Waals surface area contributed by atoms with Crippen molar-refractivity contribution in [2.45, 2.75) is 19.8 Å². The van der Waals surface area contributed by atoms with Gasteiger partial charge in [0.25, 0.3) is 0 Å². The first kappa shape index (κ1) is 16.1. The lowest BCUT2D eigenvalue weighted by molar-refractivity contribution is -0.160. The van der Waals surface area contributed by atoms with Crippen molar-refractivity contribution in [2.24, 2.45) is 11.8 Å². The highest BCUT2D eigenvalue weighted by molar-refractivity contribution is 5.95. The molecular formula is C12H18O6. The summed E-state index contributed by atoms with van der Waals surface area (Å²) >= 11 is 0. The molecular weight excluding hydrogens is 240 g/mol. The minimum absolute atomic E-state index is 0.00430. The van der Waals surface area contributed by atoms with Gasteiger partial charge >= 0.3 is 17.9 Å². The van der Waals surface area contributed by atoms with Crippen molar-refractivity contribution in [3.8, 4) is 0 Å². The number of methoxy groups -OCH3 is 2. The van der Waals surface area contributed by atoms with Crippen molar-refractivity contribution in [1.29, 1.82) is 0 Å². The minimum atomic E-state index is -1.03. The second-order valence-corrected chi connectivity index (χ2v) is 3.74. The standard InChI is InChI=1S/C12H18O6/c1-8(6-4-5-7-9(13)14)10(11(15)17-2)12(16)18-3/h4,6,8,10H,5,7H2,1-3H3,(H,13,14)/b6-4+. The van der Waals surface area contributed by atoms with Crippen LogP contribution in [-0.2, 0) is 23.9 Å². The first-order chi connectivity index (χ1) is 8.43. The van der Waals surface area contributed by atoms with E-state index in [0.717, 1.165) is 0 Å². The fraction of sp³-hybridized carbons (Fsp3) is 0.583. The summed E-state index contributed by atoms with van der Waals surface area (Å²) in [7, 11) is 2.39. The Kier molecular flexibility index (Phi) is 7.42. The van der Waals surface area contributed by atoms with Crippen molar-refractivity contribution in [3.63, 3.8) is 0 Å². The van der Waals surface area contributed by atoms with Crippen LogP contribution in [0.3, 0.4) is 0 Å². The van der Waals surface area contributed by atoms with Crippen LogP contribution in [0.2, 0.25) is 0 Å². The van der Waals surface area contributed by atoms with Crippen LogP contribution in [0, 0.1) is 11.8 Å². The molecule has 0 aliphatic rings. The molecule has 6 heteroatoms. The van der Waals surface area contributed by atoms with E-state index < -0.39 is 29.7 Å². The Morgan fingerprint density at radius 2 is 1.67 bits per heavy atom. The van der Waals surface area contributed by atoms with Crippen molar-refractivity contribution >= 4 is 17.9 Å². The topological polar surface area (TPSA) is 89.9 Å². The van der Waals surface area contributed by atoms with Gasteiger partial charge in [0.2, 0.25) is 0 Å². The highest BCUT2D eigenvalue weighted by Crippen LogP contribution is 2.17. The number of allylic oxidation sites excluding steroid dienone is 2. The van der Waals surface area contributed by atoms with Crippen LogP contribution in [0.5, 0.6) is 0 Å². The van der Waals surface area contributed by atoms with Crippen LogP contribution in [0.15, 0.2) is 12.2 Å². The van der Waals surface area contributed by atoms with Gasteiger partial charge in [0, 0.05) is 6.42 Å². The molecule has 102 valence electrons. The number of carboxylic acid groups (broad SMARTS) is 1. The maximum Gasteiger partial charge on any atom is 0.320 e. The van der Waals surface area contributed by atoms with Gasteiger partial charge in [0.1, 0.15) is 0 Å². The van der Waals surface area contributed by atoms with Gasteiger partial charge < -0.3 is 14.6 Å². The molecule has 0 aromatic rings. The van der Waals surface area contributed by atoms with E-state index in [4.69, 9.17) is 5.11 Å². The summed E-state index contributed by atoms with van der Waals surface area (Å²) in [6, 6.07) is 0. The molecule has 1 N–H and O–H groups in total. The van der Waals surface area contributed by atoms with E-state index in [1.807, 2.05) is 0 Å². The van der Waals surface area contributed by atoms with Gasteiger partial charge in [-0.3, -0.25) is 14.4 Å². The largest absolute Gasteiger partial charge is 0.481 e. The first-order valence-corrected chi connectivity index (χ1v) is 5.48. The summed E-state index contributed by atoms with van der Waals surface area (Å²) in [6.07, 6.45) is 3.58.